The molecule has 1 aliphatic rings. The van der Waals surface area contributed by atoms with Crippen LogP contribution in [0.5, 0.6) is 5.75 Å². The largest absolute Gasteiger partial charge is 0.503 e. The van der Waals surface area contributed by atoms with Crippen LogP contribution in [0.15, 0.2) is 24.3 Å². The number of aliphatic carboxylic acids is 1. The van der Waals surface area contributed by atoms with Gasteiger partial charge in [-0.15, -0.1) is 0 Å². The van der Waals surface area contributed by atoms with Gasteiger partial charge < -0.3 is 10.2 Å². The number of phenolic OH excluding ortho intramolecular Hbond substituents is 1. The highest BCUT2D eigenvalue weighted by Gasteiger charge is 2.35. The SMILES string of the molecule is Cc1c(C(CC2CCC2)C(=O)O)c2c(F)c(O)c(F)cc2n1C(=O)c1ccc(F)c(F)c1. The zero-order valence-electron chi connectivity index (χ0n) is 17.0. The first kappa shape index (κ1) is 21.9. The third-order valence-electron chi connectivity index (χ3n) is 6.22. The number of carbonyl (C=O) groups excluding carboxylic acids is 1. The molecule has 0 spiro atoms. The molecular formula is C23H19F4NO4. The number of carbonyl (C=O) groups is 2. The second-order valence-electron chi connectivity index (χ2n) is 8.11. The van der Waals surface area contributed by atoms with Crippen LogP contribution in [-0.4, -0.2) is 26.7 Å². The Bertz CT molecular complexity index is 1260. The smallest absolute Gasteiger partial charge is 0.311 e. The van der Waals surface area contributed by atoms with Gasteiger partial charge in [-0.1, -0.05) is 19.3 Å². The Kier molecular flexibility index (Phi) is 5.44. The van der Waals surface area contributed by atoms with Crippen LogP contribution in [0.2, 0.25) is 0 Å². The Balaban J connectivity index is 1.99. The second-order valence-corrected chi connectivity index (χ2v) is 8.11. The van der Waals surface area contributed by atoms with Crippen LogP contribution < -0.4 is 0 Å². The van der Waals surface area contributed by atoms with Crippen molar-refractivity contribution in [2.45, 2.75) is 38.5 Å². The summed E-state index contributed by atoms with van der Waals surface area (Å²) in [5, 5.41) is 19.3. The predicted octanol–water partition coefficient (Wildman–Crippen LogP) is 5.26. The number of fused-ring (bicyclic) bond motifs is 1. The number of rotatable bonds is 5. The van der Waals surface area contributed by atoms with Crippen molar-refractivity contribution in [3.05, 3.63) is 64.4 Å². The summed E-state index contributed by atoms with van der Waals surface area (Å²) in [5.74, 6) is -9.74. The molecule has 1 fully saturated rings. The highest BCUT2D eigenvalue weighted by molar-refractivity contribution is 6.05. The molecule has 9 heteroatoms. The average molecular weight is 449 g/mol. The molecular weight excluding hydrogens is 430 g/mol. The minimum Gasteiger partial charge on any atom is -0.503 e. The van der Waals surface area contributed by atoms with Gasteiger partial charge in [-0.25, -0.2) is 17.6 Å². The standard InChI is InChI=1S/C23H19F4NO4/c1-10-18(13(23(31)32)7-11-3-2-4-11)19-17(9-16(26)21(29)20(19)27)28(10)22(30)12-5-6-14(24)15(25)8-12/h5-6,8-9,11,13,29H,2-4,7H2,1H3,(H,31,32). The normalized spacial score (nSPS) is 15.0. The third-order valence-corrected chi connectivity index (χ3v) is 6.22. The Morgan fingerprint density at radius 1 is 1.09 bits per heavy atom. The van der Waals surface area contributed by atoms with E-state index >= 15 is 4.39 Å². The van der Waals surface area contributed by atoms with E-state index in [1.165, 1.54) is 6.92 Å². The molecule has 1 unspecified atom stereocenters. The topological polar surface area (TPSA) is 79.5 Å². The highest BCUT2D eigenvalue weighted by Crippen LogP contribution is 2.43. The lowest BCUT2D eigenvalue weighted by Crippen LogP contribution is -2.21. The molecule has 168 valence electrons. The predicted molar refractivity (Wildman–Crippen MR) is 107 cm³/mol. The lowest BCUT2D eigenvalue weighted by Gasteiger charge is -2.28. The lowest BCUT2D eigenvalue weighted by atomic mass is 9.76. The van der Waals surface area contributed by atoms with E-state index in [9.17, 15) is 33.0 Å². The van der Waals surface area contributed by atoms with E-state index in [1.54, 1.807) is 0 Å². The second kappa shape index (κ2) is 7.96. The molecule has 0 aliphatic heterocycles. The van der Waals surface area contributed by atoms with Crippen molar-refractivity contribution in [1.29, 1.82) is 0 Å². The highest BCUT2D eigenvalue weighted by atomic mass is 19.2. The van der Waals surface area contributed by atoms with Gasteiger partial charge in [-0.2, -0.15) is 0 Å². The van der Waals surface area contributed by atoms with Gasteiger partial charge in [-0.05, 0) is 43.0 Å². The van der Waals surface area contributed by atoms with Crippen LogP contribution in [0.4, 0.5) is 17.6 Å². The minimum atomic E-state index is -1.38. The van der Waals surface area contributed by atoms with Gasteiger partial charge in [-0.3, -0.25) is 14.2 Å². The summed E-state index contributed by atoms with van der Waals surface area (Å²) in [6.45, 7) is 1.37. The number of carboxylic acids is 1. The van der Waals surface area contributed by atoms with Gasteiger partial charge in [0.1, 0.15) is 0 Å². The fourth-order valence-corrected chi connectivity index (χ4v) is 4.36. The monoisotopic (exact) mass is 449 g/mol. The maximum atomic E-state index is 15.0. The molecule has 5 nitrogen and oxygen atoms in total. The van der Waals surface area contributed by atoms with E-state index < -0.39 is 46.8 Å². The fraction of sp³-hybridized carbons (Fsp3) is 0.304. The molecule has 2 aromatic carbocycles. The number of benzene rings is 2. The van der Waals surface area contributed by atoms with E-state index in [1.807, 2.05) is 0 Å². The van der Waals surface area contributed by atoms with Crippen molar-refractivity contribution < 1.29 is 37.4 Å². The Hall–Kier alpha value is -3.36. The van der Waals surface area contributed by atoms with Gasteiger partial charge in [0.25, 0.3) is 5.91 Å². The minimum absolute atomic E-state index is 0.0188. The van der Waals surface area contributed by atoms with Crippen LogP contribution >= 0.6 is 0 Å². The molecule has 1 aromatic heterocycles. The van der Waals surface area contributed by atoms with Crippen molar-refractivity contribution >= 4 is 22.8 Å². The number of hydrogen-bond acceptors (Lipinski definition) is 3. The van der Waals surface area contributed by atoms with Crippen molar-refractivity contribution in [3.63, 3.8) is 0 Å². The van der Waals surface area contributed by atoms with Crippen LogP contribution in [0, 0.1) is 36.1 Å². The molecule has 1 saturated carbocycles. The van der Waals surface area contributed by atoms with Gasteiger partial charge in [0.05, 0.1) is 11.4 Å². The van der Waals surface area contributed by atoms with Gasteiger partial charge >= 0.3 is 5.97 Å². The first-order valence-electron chi connectivity index (χ1n) is 10.1. The van der Waals surface area contributed by atoms with Crippen LogP contribution in [0.3, 0.4) is 0 Å². The number of phenols is 1. The number of aromatic hydroxyl groups is 1. The summed E-state index contributed by atoms with van der Waals surface area (Å²) in [6, 6.07) is 3.14. The van der Waals surface area contributed by atoms with Gasteiger partial charge in [0.2, 0.25) is 0 Å². The number of nitrogens with zero attached hydrogens (tertiary/aromatic N) is 1. The molecule has 1 atom stereocenters. The fourth-order valence-electron chi connectivity index (χ4n) is 4.36. The van der Waals surface area contributed by atoms with Crippen LogP contribution in [-0.2, 0) is 4.79 Å². The van der Waals surface area contributed by atoms with Crippen LogP contribution in [0.25, 0.3) is 10.9 Å². The first-order valence-corrected chi connectivity index (χ1v) is 10.1. The third kappa shape index (κ3) is 3.41. The summed E-state index contributed by atoms with van der Waals surface area (Å²) in [5.41, 5.74) is -0.636. The number of halogens is 4. The molecule has 0 amide bonds. The molecule has 0 saturated heterocycles. The molecule has 0 radical (unpaired) electrons. The molecule has 3 aromatic rings. The van der Waals surface area contributed by atoms with Crippen molar-refractivity contribution in [3.8, 4) is 5.75 Å². The van der Waals surface area contributed by atoms with E-state index in [4.69, 9.17) is 0 Å². The summed E-state index contributed by atoms with van der Waals surface area (Å²) in [6.07, 6.45) is 2.77. The zero-order valence-corrected chi connectivity index (χ0v) is 17.0. The molecule has 32 heavy (non-hydrogen) atoms. The lowest BCUT2D eigenvalue weighted by molar-refractivity contribution is -0.139. The first-order chi connectivity index (χ1) is 15.1. The quantitative estimate of drug-likeness (QED) is 0.521. The molecule has 0 bridgehead atoms. The number of carboxylic acid groups (broad SMARTS) is 1. The summed E-state index contributed by atoms with van der Waals surface area (Å²) >= 11 is 0. The van der Waals surface area contributed by atoms with E-state index in [0.29, 0.717) is 6.07 Å². The van der Waals surface area contributed by atoms with Crippen molar-refractivity contribution in [2.24, 2.45) is 5.92 Å². The van der Waals surface area contributed by atoms with E-state index in [0.717, 1.165) is 42.0 Å². The van der Waals surface area contributed by atoms with Crippen molar-refractivity contribution in [1.82, 2.24) is 4.57 Å². The number of hydrogen-bond donors (Lipinski definition) is 2. The number of aromatic nitrogens is 1. The van der Waals surface area contributed by atoms with Gasteiger partial charge in [0.15, 0.2) is 29.0 Å². The molecule has 1 aliphatic carbocycles. The van der Waals surface area contributed by atoms with Crippen LogP contribution in [0.1, 0.15) is 53.2 Å². The molecule has 4 rings (SSSR count). The van der Waals surface area contributed by atoms with Crippen molar-refractivity contribution in [2.75, 3.05) is 0 Å². The Labute approximate surface area is 179 Å². The average Bonchev–Trinajstić information content (AvgIpc) is 2.98. The molecule has 1 heterocycles. The van der Waals surface area contributed by atoms with E-state index in [-0.39, 0.29) is 40.1 Å². The maximum absolute atomic E-state index is 15.0. The molecule has 2 N–H and O–H groups in total. The van der Waals surface area contributed by atoms with Gasteiger partial charge in [0, 0.05) is 22.7 Å². The Morgan fingerprint density at radius 2 is 1.78 bits per heavy atom. The summed E-state index contributed by atoms with van der Waals surface area (Å²) in [7, 11) is 0. The summed E-state index contributed by atoms with van der Waals surface area (Å²) < 4.78 is 57.1. The zero-order chi connectivity index (χ0) is 23.3. The summed E-state index contributed by atoms with van der Waals surface area (Å²) in [4.78, 5) is 25.3. The maximum Gasteiger partial charge on any atom is 0.311 e. The Morgan fingerprint density at radius 3 is 2.34 bits per heavy atom. The van der Waals surface area contributed by atoms with E-state index in [2.05, 4.69) is 0 Å².